The molecule has 0 aliphatic carbocycles. The average Bonchev–Trinajstić information content (AvgIpc) is 2.47. The largest absolute Gasteiger partial charge is 0.205 e. The minimum atomic E-state index is -0.347. The van der Waals surface area contributed by atoms with Crippen molar-refractivity contribution >= 4 is 37.4 Å². The molecular weight excluding hydrogens is 258 g/mol. The Hall–Kier alpha value is -0.480. The molecule has 0 nitrogen and oxygen atoms in total. The van der Waals surface area contributed by atoms with Crippen molar-refractivity contribution in [1.82, 2.24) is 0 Å². The third-order valence-corrected chi connectivity index (χ3v) is 3.36. The van der Waals surface area contributed by atoms with E-state index in [4.69, 9.17) is 0 Å². The highest BCUT2D eigenvalue weighted by atomic mass is 79.9. The lowest BCUT2D eigenvalue weighted by molar-refractivity contribution is 0.631. The summed E-state index contributed by atoms with van der Waals surface area (Å²) in [6, 6.07) is 4.74. The summed E-state index contributed by atoms with van der Waals surface area (Å²) in [5.41, 5.74) is 0.564. The Morgan fingerprint density at radius 2 is 2.08 bits per heavy atom. The van der Waals surface area contributed by atoms with Crippen LogP contribution in [-0.2, 0) is 5.33 Å². The van der Waals surface area contributed by atoms with Crippen LogP contribution in [0.2, 0.25) is 0 Å². The monoisotopic (exact) mass is 262 g/mol. The first-order valence-electron chi connectivity index (χ1n) is 3.65. The molecule has 0 bridgehead atoms. The topological polar surface area (TPSA) is 0 Å². The number of hydrogen-bond donors (Lipinski definition) is 0. The van der Waals surface area contributed by atoms with Gasteiger partial charge in [-0.05, 0) is 17.0 Å². The molecule has 0 N–H and O–H groups in total. The Morgan fingerprint density at radius 1 is 1.31 bits per heavy atom. The fourth-order valence-electron chi connectivity index (χ4n) is 1.18. The van der Waals surface area contributed by atoms with E-state index in [1.54, 1.807) is 12.1 Å². The molecule has 0 aliphatic heterocycles. The molecule has 0 saturated carbocycles. The lowest BCUT2D eigenvalue weighted by Gasteiger charge is -1.98. The van der Waals surface area contributed by atoms with Crippen LogP contribution in [0, 0.1) is 10.9 Å². The standard InChI is InChI=1S/C9H5BrF2S/c10-4-6-2-1-5-3-7(11)13-9(5)8(6)12/h1-3H,4H2. The maximum atomic E-state index is 13.5. The van der Waals surface area contributed by atoms with Crippen molar-refractivity contribution in [2.24, 2.45) is 0 Å². The number of alkyl halides is 1. The average molecular weight is 263 g/mol. The number of rotatable bonds is 1. The molecule has 0 saturated heterocycles. The number of halogens is 3. The van der Waals surface area contributed by atoms with Gasteiger partial charge in [0.25, 0.3) is 0 Å². The third kappa shape index (κ3) is 1.48. The van der Waals surface area contributed by atoms with Gasteiger partial charge in [-0.3, -0.25) is 0 Å². The Bertz CT molecular complexity index is 450. The molecule has 0 unspecified atom stereocenters. The first-order chi connectivity index (χ1) is 6.22. The lowest BCUT2D eigenvalue weighted by atomic mass is 10.2. The van der Waals surface area contributed by atoms with Crippen LogP contribution in [0.25, 0.3) is 10.1 Å². The molecule has 68 valence electrons. The molecule has 2 aromatic rings. The van der Waals surface area contributed by atoms with Crippen LogP contribution in [-0.4, -0.2) is 0 Å². The van der Waals surface area contributed by atoms with Gasteiger partial charge in [-0.2, -0.15) is 4.39 Å². The van der Waals surface area contributed by atoms with Gasteiger partial charge in [0.05, 0.1) is 4.70 Å². The second kappa shape index (κ2) is 3.35. The van der Waals surface area contributed by atoms with E-state index in [0.29, 0.717) is 21.0 Å². The molecule has 1 aromatic heterocycles. The van der Waals surface area contributed by atoms with Gasteiger partial charge < -0.3 is 0 Å². The van der Waals surface area contributed by atoms with E-state index in [0.717, 1.165) is 11.3 Å². The maximum absolute atomic E-state index is 13.5. The molecule has 2 rings (SSSR count). The molecule has 0 fully saturated rings. The second-order valence-corrected chi connectivity index (χ2v) is 4.20. The quantitative estimate of drug-likeness (QED) is 0.680. The summed E-state index contributed by atoms with van der Waals surface area (Å²) in [7, 11) is 0. The zero-order valence-electron chi connectivity index (χ0n) is 6.48. The smallest absolute Gasteiger partial charge is 0.177 e. The summed E-state index contributed by atoms with van der Waals surface area (Å²) in [4.78, 5) is 0. The normalized spacial score (nSPS) is 11.0. The van der Waals surface area contributed by atoms with E-state index in [2.05, 4.69) is 15.9 Å². The van der Waals surface area contributed by atoms with Gasteiger partial charge in [0.15, 0.2) is 5.13 Å². The zero-order valence-corrected chi connectivity index (χ0v) is 8.88. The summed E-state index contributed by atoms with van der Waals surface area (Å²) in [6.07, 6.45) is 0. The van der Waals surface area contributed by atoms with Gasteiger partial charge in [0, 0.05) is 5.33 Å². The molecule has 4 heteroatoms. The van der Waals surface area contributed by atoms with Crippen molar-refractivity contribution in [3.05, 3.63) is 34.7 Å². The van der Waals surface area contributed by atoms with Gasteiger partial charge in [-0.15, -0.1) is 11.3 Å². The highest BCUT2D eigenvalue weighted by Gasteiger charge is 2.09. The number of benzene rings is 1. The van der Waals surface area contributed by atoms with Crippen molar-refractivity contribution in [1.29, 1.82) is 0 Å². The van der Waals surface area contributed by atoms with Crippen molar-refractivity contribution in [2.45, 2.75) is 5.33 Å². The van der Waals surface area contributed by atoms with E-state index < -0.39 is 0 Å². The summed E-state index contributed by atoms with van der Waals surface area (Å²) < 4.78 is 26.7. The van der Waals surface area contributed by atoms with Crippen LogP contribution in [0.15, 0.2) is 18.2 Å². The van der Waals surface area contributed by atoms with Gasteiger partial charge >= 0.3 is 0 Å². The molecule has 1 heterocycles. The highest BCUT2D eigenvalue weighted by Crippen LogP contribution is 2.29. The Kier molecular flexibility index (Phi) is 2.34. The molecule has 0 atom stereocenters. The van der Waals surface area contributed by atoms with Crippen molar-refractivity contribution in [3.8, 4) is 0 Å². The molecule has 1 aromatic carbocycles. The summed E-state index contributed by atoms with van der Waals surface area (Å²) in [5.74, 6) is -0.316. The van der Waals surface area contributed by atoms with Crippen molar-refractivity contribution in [2.75, 3.05) is 0 Å². The van der Waals surface area contributed by atoms with Gasteiger partial charge in [0.1, 0.15) is 5.82 Å². The first kappa shape index (κ1) is 9.09. The minimum absolute atomic E-state index is 0.316. The molecule has 13 heavy (non-hydrogen) atoms. The van der Waals surface area contributed by atoms with Crippen molar-refractivity contribution < 1.29 is 8.78 Å². The van der Waals surface area contributed by atoms with Crippen LogP contribution in [0.4, 0.5) is 8.78 Å². The summed E-state index contributed by atoms with van der Waals surface area (Å²) in [5, 5.41) is 0.735. The van der Waals surface area contributed by atoms with E-state index in [-0.39, 0.29) is 10.9 Å². The molecule has 0 spiro atoms. The molecular formula is C9H5BrF2S. The van der Waals surface area contributed by atoms with Gasteiger partial charge in [0.2, 0.25) is 0 Å². The number of thiophene rings is 1. The van der Waals surface area contributed by atoms with Crippen LogP contribution < -0.4 is 0 Å². The molecule has 0 amide bonds. The highest BCUT2D eigenvalue weighted by molar-refractivity contribution is 9.08. The summed E-state index contributed by atoms with van der Waals surface area (Å²) in [6.45, 7) is 0. The summed E-state index contributed by atoms with van der Waals surface area (Å²) >= 11 is 4.02. The van der Waals surface area contributed by atoms with Crippen LogP contribution in [0.5, 0.6) is 0 Å². The molecule has 0 aliphatic rings. The van der Waals surface area contributed by atoms with Gasteiger partial charge in [-0.1, -0.05) is 28.1 Å². The maximum Gasteiger partial charge on any atom is 0.177 e. The van der Waals surface area contributed by atoms with Crippen LogP contribution >= 0.6 is 27.3 Å². The first-order valence-corrected chi connectivity index (χ1v) is 5.58. The fraction of sp³-hybridized carbons (Fsp3) is 0.111. The van der Waals surface area contributed by atoms with E-state index in [1.807, 2.05) is 0 Å². The van der Waals surface area contributed by atoms with E-state index in [9.17, 15) is 8.78 Å². The van der Waals surface area contributed by atoms with Crippen molar-refractivity contribution in [3.63, 3.8) is 0 Å². The fourth-order valence-corrected chi connectivity index (χ4v) is 2.46. The SMILES string of the molecule is Fc1cc2ccc(CBr)c(F)c2s1. The Morgan fingerprint density at radius 3 is 2.77 bits per heavy atom. The third-order valence-electron chi connectivity index (χ3n) is 1.82. The predicted molar refractivity (Wildman–Crippen MR) is 54.4 cm³/mol. The second-order valence-electron chi connectivity index (χ2n) is 2.64. The number of hydrogen-bond acceptors (Lipinski definition) is 1. The number of fused-ring (bicyclic) bond motifs is 1. The Labute approximate surface area is 86.3 Å². The molecule has 0 radical (unpaired) electrons. The van der Waals surface area contributed by atoms with Crippen LogP contribution in [0.1, 0.15) is 5.56 Å². The minimum Gasteiger partial charge on any atom is -0.205 e. The van der Waals surface area contributed by atoms with E-state index in [1.165, 1.54) is 6.07 Å². The van der Waals surface area contributed by atoms with Gasteiger partial charge in [-0.25, -0.2) is 4.39 Å². The lowest BCUT2D eigenvalue weighted by Crippen LogP contribution is -1.84. The predicted octanol–water partition coefficient (Wildman–Crippen LogP) is 4.07. The Balaban J connectivity index is 2.78. The van der Waals surface area contributed by atoms with Crippen LogP contribution in [0.3, 0.4) is 0 Å². The van der Waals surface area contributed by atoms with E-state index >= 15 is 0 Å². The zero-order chi connectivity index (χ0) is 9.42.